The first-order valence-corrected chi connectivity index (χ1v) is 10.1. The Balaban J connectivity index is 0.00000420. The molecule has 0 bridgehead atoms. The minimum Gasteiger partial charge on any atom is -0.491 e. The number of likely N-dealkylation sites (tertiary alicyclic amines) is 1. The average Bonchev–Trinajstić information content (AvgIpc) is 3.15. The first-order valence-electron chi connectivity index (χ1n) is 10.1. The van der Waals surface area contributed by atoms with Crippen LogP contribution < -0.4 is 15.4 Å². The van der Waals surface area contributed by atoms with Crippen molar-refractivity contribution in [2.45, 2.75) is 39.8 Å². The summed E-state index contributed by atoms with van der Waals surface area (Å²) < 4.78 is 10.6. The fraction of sp³-hybridized carbons (Fsp3) is 0.619. The SMILES string of the molecule is CCNC(=NCc1ccc(OCCOC)cc1)NC1CCN(C(=O)C(C)C)C1.I. The fourth-order valence-corrected chi connectivity index (χ4v) is 3.06. The van der Waals surface area contributed by atoms with Crippen molar-refractivity contribution in [3.8, 4) is 5.75 Å². The molecule has 1 amide bonds. The molecule has 1 aliphatic rings. The summed E-state index contributed by atoms with van der Waals surface area (Å²) in [6.45, 7) is 9.96. The van der Waals surface area contributed by atoms with Crippen LogP contribution in [0.4, 0.5) is 0 Å². The molecule has 2 N–H and O–H groups in total. The number of hydrogen-bond acceptors (Lipinski definition) is 4. The van der Waals surface area contributed by atoms with Gasteiger partial charge in [0.2, 0.25) is 5.91 Å². The topological polar surface area (TPSA) is 75.2 Å². The van der Waals surface area contributed by atoms with Crippen LogP contribution >= 0.6 is 24.0 Å². The van der Waals surface area contributed by atoms with Crippen molar-refractivity contribution in [1.82, 2.24) is 15.5 Å². The number of halogens is 1. The Morgan fingerprint density at radius 2 is 2.00 bits per heavy atom. The molecule has 164 valence electrons. The van der Waals surface area contributed by atoms with E-state index in [9.17, 15) is 4.79 Å². The van der Waals surface area contributed by atoms with Crippen LogP contribution in [-0.4, -0.2) is 62.8 Å². The summed E-state index contributed by atoms with van der Waals surface area (Å²) in [6, 6.07) is 8.18. The largest absolute Gasteiger partial charge is 0.491 e. The Labute approximate surface area is 191 Å². The monoisotopic (exact) mass is 518 g/mol. The van der Waals surface area contributed by atoms with Crippen molar-refractivity contribution in [1.29, 1.82) is 0 Å². The van der Waals surface area contributed by atoms with Crippen molar-refractivity contribution in [3.05, 3.63) is 29.8 Å². The predicted octanol–water partition coefficient (Wildman–Crippen LogP) is 2.64. The molecule has 1 aromatic carbocycles. The van der Waals surface area contributed by atoms with Gasteiger partial charge in [0.25, 0.3) is 0 Å². The number of methoxy groups -OCH3 is 1. The van der Waals surface area contributed by atoms with E-state index in [-0.39, 0.29) is 41.8 Å². The van der Waals surface area contributed by atoms with Gasteiger partial charge in [-0.15, -0.1) is 24.0 Å². The third kappa shape index (κ3) is 8.77. The second-order valence-corrected chi connectivity index (χ2v) is 7.25. The number of rotatable bonds is 9. The highest BCUT2D eigenvalue weighted by Gasteiger charge is 2.27. The maximum Gasteiger partial charge on any atom is 0.225 e. The summed E-state index contributed by atoms with van der Waals surface area (Å²) >= 11 is 0. The second-order valence-electron chi connectivity index (χ2n) is 7.25. The summed E-state index contributed by atoms with van der Waals surface area (Å²) in [5, 5.41) is 6.75. The van der Waals surface area contributed by atoms with Gasteiger partial charge < -0.3 is 25.0 Å². The Kier molecular flexibility index (Phi) is 12.0. The number of nitrogens with one attached hydrogen (secondary N) is 2. The van der Waals surface area contributed by atoms with Crippen LogP contribution in [0, 0.1) is 5.92 Å². The molecule has 1 aliphatic heterocycles. The van der Waals surface area contributed by atoms with Gasteiger partial charge in [-0.2, -0.15) is 0 Å². The van der Waals surface area contributed by atoms with Crippen molar-refractivity contribution in [2.75, 3.05) is 40.0 Å². The van der Waals surface area contributed by atoms with Crippen LogP contribution in [0.25, 0.3) is 0 Å². The lowest BCUT2D eigenvalue weighted by atomic mass is 10.2. The first kappa shape index (κ1) is 25.5. The van der Waals surface area contributed by atoms with Gasteiger partial charge in [-0.05, 0) is 31.0 Å². The number of ether oxygens (including phenoxy) is 2. The molecule has 0 aliphatic carbocycles. The van der Waals surface area contributed by atoms with E-state index in [4.69, 9.17) is 9.47 Å². The highest BCUT2D eigenvalue weighted by molar-refractivity contribution is 14.0. The number of aliphatic imine (C=N–C) groups is 1. The molecule has 29 heavy (non-hydrogen) atoms. The number of nitrogens with zero attached hydrogens (tertiary/aromatic N) is 2. The molecule has 0 spiro atoms. The summed E-state index contributed by atoms with van der Waals surface area (Å²) in [6.07, 6.45) is 0.941. The van der Waals surface area contributed by atoms with Gasteiger partial charge in [0.1, 0.15) is 12.4 Å². The van der Waals surface area contributed by atoms with Crippen molar-refractivity contribution >= 4 is 35.8 Å². The van der Waals surface area contributed by atoms with Gasteiger partial charge in [-0.3, -0.25) is 4.79 Å². The third-order valence-corrected chi connectivity index (χ3v) is 4.58. The molecule has 1 unspecified atom stereocenters. The van der Waals surface area contributed by atoms with E-state index in [1.165, 1.54) is 0 Å². The lowest BCUT2D eigenvalue weighted by molar-refractivity contribution is -0.133. The first-order chi connectivity index (χ1) is 13.5. The minimum absolute atomic E-state index is 0. The highest BCUT2D eigenvalue weighted by Crippen LogP contribution is 2.14. The number of guanidine groups is 1. The molecule has 1 fully saturated rings. The molecule has 1 atom stereocenters. The average molecular weight is 518 g/mol. The van der Waals surface area contributed by atoms with Crippen LogP contribution in [0.5, 0.6) is 5.75 Å². The van der Waals surface area contributed by atoms with E-state index >= 15 is 0 Å². The normalized spacial score (nSPS) is 16.5. The van der Waals surface area contributed by atoms with Gasteiger partial charge in [0.05, 0.1) is 13.2 Å². The van der Waals surface area contributed by atoms with E-state index < -0.39 is 0 Å². The Morgan fingerprint density at radius 3 is 2.62 bits per heavy atom. The predicted molar refractivity (Wildman–Crippen MR) is 127 cm³/mol. The van der Waals surface area contributed by atoms with Crippen LogP contribution in [-0.2, 0) is 16.1 Å². The van der Waals surface area contributed by atoms with Crippen LogP contribution in [0.15, 0.2) is 29.3 Å². The standard InChI is InChI=1S/C21H34N4O3.HI/c1-5-22-21(24-18-10-11-25(15-18)20(26)16(2)3)23-14-17-6-8-19(9-7-17)28-13-12-27-4;/h6-9,16,18H,5,10-15H2,1-4H3,(H2,22,23,24);1H. The van der Waals surface area contributed by atoms with E-state index in [0.29, 0.717) is 19.8 Å². The molecule has 0 aromatic heterocycles. The lowest BCUT2D eigenvalue weighted by Crippen LogP contribution is -2.45. The molecule has 1 heterocycles. The van der Waals surface area contributed by atoms with Crippen molar-refractivity contribution in [3.63, 3.8) is 0 Å². The molecule has 2 rings (SSSR count). The minimum atomic E-state index is 0. The Morgan fingerprint density at radius 1 is 1.28 bits per heavy atom. The van der Waals surface area contributed by atoms with Gasteiger partial charge in [-0.25, -0.2) is 4.99 Å². The summed E-state index contributed by atoms with van der Waals surface area (Å²) in [4.78, 5) is 18.8. The third-order valence-electron chi connectivity index (χ3n) is 4.58. The number of amides is 1. The zero-order valence-corrected chi connectivity index (χ0v) is 20.3. The lowest BCUT2D eigenvalue weighted by Gasteiger charge is -2.20. The zero-order chi connectivity index (χ0) is 20.4. The maximum atomic E-state index is 12.2. The molecule has 1 aromatic rings. The molecule has 0 radical (unpaired) electrons. The van der Waals surface area contributed by atoms with Gasteiger partial charge in [-0.1, -0.05) is 26.0 Å². The van der Waals surface area contributed by atoms with Crippen LogP contribution in [0.2, 0.25) is 0 Å². The van der Waals surface area contributed by atoms with E-state index in [1.807, 2.05) is 49.9 Å². The zero-order valence-electron chi connectivity index (χ0n) is 17.9. The number of carbonyl (C=O) groups is 1. The fourth-order valence-electron chi connectivity index (χ4n) is 3.06. The molecular weight excluding hydrogens is 483 g/mol. The summed E-state index contributed by atoms with van der Waals surface area (Å²) in [5.41, 5.74) is 1.11. The molecule has 0 saturated carbocycles. The molecule has 8 heteroatoms. The number of benzene rings is 1. The Hall–Kier alpha value is -1.55. The Bertz CT molecular complexity index is 637. The van der Waals surface area contributed by atoms with Crippen molar-refractivity contribution < 1.29 is 14.3 Å². The molecule has 1 saturated heterocycles. The van der Waals surface area contributed by atoms with Gasteiger partial charge >= 0.3 is 0 Å². The highest BCUT2D eigenvalue weighted by atomic mass is 127. The van der Waals surface area contributed by atoms with Crippen molar-refractivity contribution in [2.24, 2.45) is 10.9 Å². The van der Waals surface area contributed by atoms with Gasteiger partial charge in [0.15, 0.2) is 5.96 Å². The smallest absolute Gasteiger partial charge is 0.225 e. The summed E-state index contributed by atoms with van der Waals surface area (Å²) in [7, 11) is 1.66. The van der Waals surface area contributed by atoms with Crippen LogP contribution in [0.1, 0.15) is 32.8 Å². The number of hydrogen-bond donors (Lipinski definition) is 2. The summed E-state index contributed by atoms with van der Waals surface area (Å²) in [5.74, 6) is 1.88. The molecular formula is C21H35IN4O3. The second kappa shape index (κ2) is 13.6. The van der Waals surface area contributed by atoms with Gasteiger partial charge in [0, 0.05) is 38.7 Å². The van der Waals surface area contributed by atoms with E-state index in [0.717, 1.165) is 43.3 Å². The molecule has 7 nitrogen and oxygen atoms in total. The van der Waals surface area contributed by atoms with Crippen LogP contribution in [0.3, 0.4) is 0 Å². The number of carbonyl (C=O) groups excluding carboxylic acids is 1. The van der Waals surface area contributed by atoms with E-state index in [2.05, 4.69) is 15.6 Å². The van der Waals surface area contributed by atoms with E-state index in [1.54, 1.807) is 7.11 Å². The maximum absolute atomic E-state index is 12.2. The quantitative estimate of drug-likeness (QED) is 0.228.